The van der Waals surface area contributed by atoms with Gasteiger partial charge in [0, 0.05) is 95.9 Å². The van der Waals surface area contributed by atoms with Crippen LogP contribution in [0, 0.1) is 214 Å². The van der Waals surface area contributed by atoms with Gasteiger partial charge in [0.15, 0.2) is 25.7 Å². The van der Waals surface area contributed by atoms with Crippen LogP contribution >= 0.6 is 0 Å². The number of carbonyl (C=O) groups excluding carboxylic acids is 1. The van der Waals surface area contributed by atoms with E-state index in [4.69, 9.17) is 20.7 Å². The van der Waals surface area contributed by atoms with Gasteiger partial charge in [-0.3, -0.25) is 4.79 Å². The molecule has 0 aromatic heterocycles. The van der Waals surface area contributed by atoms with Gasteiger partial charge in [0.05, 0.1) is 18.9 Å². The van der Waals surface area contributed by atoms with Crippen LogP contribution in [0.4, 0.5) is 4.79 Å². The molecule has 0 aromatic carbocycles. The third-order valence-corrected chi connectivity index (χ3v) is 3.58. The average molecular weight is 559 g/mol. The Bertz CT molecular complexity index is 2170. The molecule has 1 N–H and O–H groups in total. The molecule has 0 spiro atoms. The highest BCUT2D eigenvalue weighted by atomic mass is 16.1. The Kier molecular flexibility index (Phi) is 23.2. The monoisotopic (exact) mass is 559 g/mol. The highest BCUT2D eigenvalue weighted by Crippen LogP contribution is 1.99. The summed E-state index contributed by atoms with van der Waals surface area (Å²) in [6, 6.07) is 5.87. The largest absolute Gasteiger partial charge is 0.366 e. The SMILES string of the molecule is [B]C(=O)NCCC[N+](C)(C#CC#CC#CC#CC#CC#CC#CC#CC#C)C#CC#CC#CC#CC#CC#CC#CC#CC#C. The molecule has 0 aliphatic heterocycles. The lowest BCUT2D eigenvalue weighted by molar-refractivity contribution is -0.772. The summed E-state index contributed by atoms with van der Waals surface area (Å²) in [6.07, 6.45) is 10.5. The molecular formula is C41H12BN2O+. The van der Waals surface area contributed by atoms with Crippen molar-refractivity contribution >= 4 is 13.7 Å². The summed E-state index contributed by atoms with van der Waals surface area (Å²) < 4.78 is -0.0285. The van der Waals surface area contributed by atoms with Gasteiger partial charge in [-0.2, -0.15) is 4.48 Å². The Labute approximate surface area is 268 Å². The van der Waals surface area contributed by atoms with Gasteiger partial charge in [-0.15, -0.1) is 12.8 Å². The molecular weight excluding hydrogens is 547 g/mol. The minimum atomic E-state index is -0.618. The second-order valence-electron chi connectivity index (χ2n) is 6.82. The summed E-state index contributed by atoms with van der Waals surface area (Å²) in [5, 5.41) is 2.51. The molecule has 0 aliphatic rings. The lowest BCUT2D eigenvalue weighted by Crippen LogP contribution is -2.36. The lowest BCUT2D eigenvalue weighted by atomic mass is 10.1. The van der Waals surface area contributed by atoms with Gasteiger partial charge in [-0.25, -0.2) is 0 Å². The highest BCUT2D eigenvalue weighted by molar-refractivity contribution is 6.57. The van der Waals surface area contributed by atoms with E-state index in [9.17, 15) is 4.79 Å². The minimum Gasteiger partial charge on any atom is -0.366 e. The normalized spacial score (nSPS) is 5.67. The van der Waals surface area contributed by atoms with Gasteiger partial charge < -0.3 is 5.32 Å². The number of carbonyl (C=O) groups is 1. The zero-order chi connectivity index (χ0) is 32.9. The van der Waals surface area contributed by atoms with Gasteiger partial charge in [-0.1, -0.05) is 0 Å². The molecule has 0 unspecified atom stereocenters. The first-order valence-corrected chi connectivity index (χ1v) is 11.9. The van der Waals surface area contributed by atoms with Crippen LogP contribution in [-0.4, -0.2) is 38.3 Å². The van der Waals surface area contributed by atoms with E-state index >= 15 is 0 Å². The average Bonchev–Trinajstić information content (AvgIpc) is 3.02. The number of rotatable bonds is 4. The Morgan fingerprint density at radius 1 is 0.489 bits per heavy atom. The zero-order valence-corrected chi connectivity index (χ0v) is 23.7. The molecule has 45 heavy (non-hydrogen) atoms. The molecule has 0 aromatic rings. The Balaban J connectivity index is 5.37. The van der Waals surface area contributed by atoms with E-state index in [0.29, 0.717) is 19.5 Å². The number of hydrogen-bond acceptors (Lipinski definition) is 1. The predicted octanol–water partition coefficient (Wildman–Crippen LogP) is -0.0630. The molecule has 0 fully saturated rings. The number of hydrogen-bond donors (Lipinski definition) is 1. The van der Waals surface area contributed by atoms with E-state index in [1.807, 2.05) is 0 Å². The standard InChI is InChI=1S/C41H11BN2O/c1-4-6-8-10-12-14-16-18-20-22-24-26-28-30-32-34-38-44(3,40-36-37-43-41(42)45)39-35-33-31-29-27-25-23-21-19-17-15-13-11-9-7-5-2/h1-2H,36-37,40H2,3H3/p+1. The van der Waals surface area contributed by atoms with Crippen LogP contribution in [-0.2, 0) is 0 Å². The molecule has 2 radical (unpaired) electrons. The van der Waals surface area contributed by atoms with Crippen molar-refractivity contribution in [3.8, 4) is 214 Å². The second kappa shape index (κ2) is 28.6. The molecule has 0 bridgehead atoms. The Hall–Kier alpha value is -8.43. The topological polar surface area (TPSA) is 29.1 Å². The number of amides is 1. The van der Waals surface area contributed by atoms with Crippen molar-refractivity contribution in [2.24, 2.45) is 0 Å². The van der Waals surface area contributed by atoms with E-state index in [2.05, 4.69) is 207 Å². The van der Waals surface area contributed by atoms with Crippen LogP contribution in [0.2, 0.25) is 0 Å². The van der Waals surface area contributed by atoms with Gasteiger partial charge in [0.1, 0.15) is 6.54 Å². The van der Waals surface area contributed by atoms with E-state index < -0.39 is 5.81 Å². The molecule has 194 valence electrons. The summed E-state index contributed by atoms with van der Waals surface area (Å²) in [5.74, 6) is 78.8. The fraction of sp³-hybridized carbons (Fsp3) is 0.0976. The number of terminal acetylenes is 2. The van der Waals surface area contributed by atoms with Crippen molar-refractivity contribution < 1.29 is 9.28 Å². The second-order valence-corrected chi connectivity index (χ2v) is 6.82. The summed E-state index contributed by atoms with van der Waals surface area (Å²) in [6.45, 7) is 0.805. The van der Waals surface area contributed by atoms with Crippen molar-refractivity contribution in [2.45, 2.75) is 6.42 Å². The summed E-state index contributed by atoms with van der Waals surface area (Å²) in [4.78, 5) is 10.9. The van der Waals surface area contributed by atoms with E-state index in [1.165, 1.54) is 0 Å². The Morgan fingerprint density at radius 3 is 0.978 bits per heavy atom. The van der Waals surface area contributed by atoms with Crippen LogP contribution in [0.15, 0.2) is 0 Å². The van der Waals surface area contributed by atoms with Crippen molar-refractivity contribution in [2.75, 3.05) is 20.1 Å². The van der Waals surface area contributed by atoms with Crippen LogP contribution in [0.25, 0.3) is 0 Å². The maximum atomic E-state index is 10.9. The maximum Gasteiger partial charge on any atom is 0.200 e. The molecule has 0 heterocycles. The third kappa shape index (κ3) is 28.4. The van der Waals surface area contributed by atoms with Crippen LogP contribution in [0.3, 0.4) is 0 Å². The molecule has 4 heteroatoms. The summed E-state index contributed by atoms with van der Waals surface area (Å²) in [7, 11) is 6.86. The van der Waals surface area contributed by atoms with Gasteiger partial charge in [0.25, 0.3) is 0 Å². The zero-order valence-electron chi connectivity index (χ0n) is 23.7. The third-order valence-electron chi connectivity index (χ3n) is 3.58. The first-order chi connectivity index (χ1) is 22.0. The number of nitrogens with zero attached hydrogens (tertiary/aromatic N) is 1. The Morgan fingerprint density at radius 2 is 0.733 bits per heavy atom. The van der Waals surface area contributed by atoms with Crippen molar-refractivity contribution in [3.05, 3.63) is 0 Å². The summed E-state index contributed by atoms with van der Waals surface area (Å²) in [5.41, 5.74) is 0. The number of quaternary nitrogens is 1. The number of nitrogens with one attached hydrogen (secondary N) is 1. The summed E-state index contributed by atoms with van der Waals surface area (Å²) >= 11 is 0. The van der Waals surface area contributed by atoms with E-state index in [0.717, 1.165) is 0 Å². The molecule has 1 amide bonds. The minimum absolute atomic E-state index is 0.0285. The fourth-order valence-corrected chi connectivity index (χ4v) is 1.93. The highest BCUT2D eigenvalue weighted by Gasteiger charge is 2.16. The maximum absolute atomic E-state index is 10.9. The van der Waals surface area contributed by atoms with E-state index in [1.54, 1.807) is 7.05 Å². The molecule has 3 nitrogen and oxygen atoms in total. The van der Waals surface area contributed by atoms with E-state index in [-0.39, 0.29) is 4.48 Å². The van der Waals surface area contributed by atoms with Gasteiger partial charge in [-0.05, 0) is 94.7 Å². The van der Waals surface area contributed by atoms with Crippen LogP contribution < -0.4 is 5.32 Å². The molecule has 0 aliphatic carbocycles. The smallest absolute Gasteiger partial charge is 0.200 e. The first-order valence-electron chi connectivity index (χ1n) is 11.9. The molecule has 0 saturated heterocycles. The lowest BCUT2D eigenvalue weighted by Gasteiger charge is -2.17. The van der Waals surface area contributed by atoms with Crippen molar-refractivity contribution in [1.29, 1.82) is 0 Å². The van der Waals surface area contributed by atoms with Gasteiger partial charge >= 0.3 is 0 Å². The molecule has 0 saturated carbocycles. The van der Waals surface area contributed by atoms with Gasteiger partial charge in [0.2, 0.25) is 0 Å². The fourth-order valence-electron chi connectivity index (χ4n) is 1.93. The molecule has 0 rings (SSSR count). The van der Waals surface area contributed by atoms with Crippen LogP contribution in [0.1, 0.15) is 6.42 Å². The predicted molar refractivity (Wildman–Crippen MR) is 177 cm³/mol. The quantitative estimate of drug-likeness (QED) is 0.223. The van der Waals surface area contributed by atoms with Crippen LogP contribution in [0.5, 0.6) is 0 Å². The van der Waals surface area contributed by atoms with Crippen molar-refractivity contribution in [1.82, 2.24) is 5.32 Å². The molecule has 0 atom stereocenters. The van der Waals surface area contributed by atoms with Crippen molar-refractivity contribution in [3.63, 3.8) is 0 Å². The first kappa shape index (κ1) is 36.6.